The molecule has 0 radical (unpaired) electrons. The molecular formula is C9H16N4O. The van der Waals surface area contributed by atoms with Gasteiger partial charge in [0, 0.05) is 32.3 Å². The van der Waals surface area contributed by atoms with E-state index < -0.39 is 0 Å². The number of carbonyl (C=O) groups is 1. The minimum atomic E-state index is -0.279. The Morgan fingerprint density at radius 1 is 1.79 bits per heavy atom. The van der Waals surface area contributed by atoms with E-state index >= 15 is 0 Å². The predicted molar refractivity (Wildman–Crippen MR) is 53.3 cm³/mol. The van der Waals surface area contributed by atoms with Crippen molar-refractivity contribution in [2.45, 2.75) is 13.5 Å². The topological polar surface area (TPSA) is 72.9 Å². The van der Waals surface area contributed by atoms with Crippen LogP contribution >= 0.6 is 0 Å². The number of nitrogens with two attached hydrogens (primary N) is 1. The van der Waals surface area contributed by atoms with Crippen LogP contribution in [0.2, 0.25) is 0 Å². The third-order valence-electron chi connectivity index (χ3n) is 2.01. The fraction of sp³-hybridized carbons (Fsp3) is 0.556. The first-order valence-corrected chi connectivity index (χ1v) is 4.58. The number of hydrogen-bond acceptors (Lipinski definition) is 3. The number of primary amides is 1. The van der Waals surface area contributed by atoms with E-state index in [1.165, 1.54) is 0 Å². The van der Waals surface area contributed by atoms with Gasteiger partial charge in [-0.25, -0.2) is 0 Å². The first-order chi connectivity index (χ1) is 6.59. The maximum atomic E-state index is 10.7. The van der Waals surface area contributed by atoms with Crippen LogP contribution in [-0.4, -0.2) is 22.2 Å². The molecule has 0 saturated heterocycles. The summed E-state index contributed by atoms with van der Waals surface area (Å²) in [5, 5.41) is 7.31. The molecule has 0 aliphatic rings. The number of rotatable bonds is 5. The van der Waals surface area contributed by atoms with Crippen molar-refractivity contribution in [3.8, 4) is 0 Å². The zero-order valence-electron chi connectivity index (χ0n) is 8.53. The van der Waals surface area contributed by atoms with Crippen LogP contribution in [0.5, 0.6) is 0 Å². The van der Waals surface area contributed by atoms with Crippen LogP contribution in [0.25, 0.3) is 0 Å². The summed E-state index contributed by atoms with van der Waals surface area (Å²) in [7, 11) is 1.87. The Labute approximate surface area is 83.3 Å². The molecule has 0 aliphatic carbocycles. The monoisotopic (exact) mass is 196 g/mol. The van der Waals surface area contributed by atoms with Gasteiger partial charge in [-0.05, 0) is 6.07 Å². The molecule has 1 heterocycles. The molecule has 3 N–H and O–H groups in total. The van der Waals surface area contributed by atoms with Gasteiger partial charge in [-0.3, -0.25) is 9.48 Å². The molecule has 0 aromatic carbocycles. The second kappa shape index (κ2) is 4.76. The zero-order valence-corrected chi connectivity index (χ0v) is 8.53. The van der Waals surface area contributed by atoms with Crippen LogP contribution < -0.4 is 11.1 Å². The maximum Gasteiger partial charge on any atom is 0.221 e. The van der Waals surface area contributed by atoms with Gasteiger partial charge in [0.05, 0.1) is 5.69 Å². The van der Waals surface area contributed by atoms with E-state index in [2.05, 4.69) is 10.4 Å². The third-order valence-corrected chi connectivity index (χ3v) is 2.01. The van der Waals surface area contributed by atoms with Crippen LogP contribution in [0.4, 0.5) is 0 Å². The molecule has 0 bridgehead atoms. The molecule has 1 rings (SSSR count). The summed E-state index contributed by atoms with van der Waals surface area (Å²) in [6.45, 7) is 3.05. The molecular weight excluding hydrogens is 180 g/mol. The van der Waals surface area contributed by atoms with Gasteiger partial charge in [0.15, 0.2) is 0 Å². The SMILES string of the molecule is CC(CNCc1ccn(C)n1)C(N)=O. The second-order valence-corrected chi connectivity index (χ2v) is 3.42. The lowest BCUT2D eigenvalue weighted by atomic mass is 10.2. The Kier molecular flexibility index (Phi) is 3.64. The standard InChI is InChI=1S/C9H16N4O/c1-7(9(10)14)5-11-6-8-3-4-13(2)12-8/h3-4,7,11H,5-6H2,1-2H3,(H2,10,14). The Bertz CT molecular complexity index is 308. The van der Waals surface area contributed by atoms with Crippen molar-refractivity contribution in [2.75, 3.05) is 6.54 Å². The smallest absolute Gasteiger partial charge is 0.221 e. The number of aryl methyl sites for hydroxylation is 1. The minimum absolute atomic E-state index is 0.140. The van der Waals surface area contributed by atoms with Crippen molar-refractivity contribution in [2.24, 2.45) is 18.7 Å². The molecule has 14 heavy (non-hydrogen) atoms. The lowest BCUT2D eigenvalue weighted by molar-refractivity contribution is -0.121. The lowest BCUT2D eigenvalue weighted by Crippen LogP contribution is -2.30. The fourth-order valence-electron chi connectivity index (χ4n) is 1.07. The molecule has 5 nitrogen and oxygen atoms in total. The summed E-state index contributed by atoms with van der Waals surface area (Å²) in [5.41, 5.74) is 6.08. The fourth-order valence-corrected chi connectivity index (χ4v) is 1.07. The van der Waals surface area contributed by atoms with Crippen LogP contribution in [0.1, 0.15) is 12.6 Å². The van der Waals surface area contributed by atoms with Gasteiger partial charge in [-0.15, -0.1) is 0 Å². The average Bonchev–Trinajstić information content (AvgIpc) is 2.51. The summed E-state index contributed by atoms with van der Waals surface area (Å²) in [4.78, 5) is 10.7. The first kappa shape index (κ1) is 10.7. The van der Waals surface area contributed by atoms with Gasteiger partial charge in [0.25, 0.3) is 0 Å². The van der Waals surface area contributed by atoms with E-state index in [9.17, 15) is 4.79 Å². The molecule has 0 fully saturated rings. The van der Waals surface area contributed by atoms with E-state index in [4.69, 9.17) is 5.73 Å². The Morgan fingerprint density at radius 2 is 2.50 bits per heavy atom. The van der Waals surface area contributed by atoms with Gasteiger partial charge in [0.2, 0.25) is 5.91 Å². The Morgan fingerprint density at radius 3 is 3.00 bits per heavy atom. The Balaban J connectivity index is 2.25. The van der Waals surface area contributed by atoms with Crippen LogP contribution in [0.3, 0.4) is 0 Å². The zero-order chi connectivity index (χ0) is 10.6. The molecule has 5 heteroatoms. The summed E-state index contributed by atoms with van der Waals surface area (Å²) in [6.07, 6.45) is 1.88. The molecule has 0 aliphatic heterocycles. The van der Waals surface area contributed by atoms with Gasteiger partial charge < -0.3 is 11.1 Å². The van der Waals surface area contributed by atoms with Gasteiger partial charge in [-0.1, -0.05) is 6.92 Å². The highest BCUT2D eigenvalue weighted by atomic mass is 16.1. The number of aromatic nitrogens is 2. The number of carbonyl (C=O) groups excluding carboxylic acids is 1. The normalized spacial score (nSPS) is 12.7. The van der Waals surface area contributed by atoms with E-state index in [0.29, 0.717) is 13.1 Å². The molecule has 1 aromatic heterocycles. The van der Waals surface area contributed by atoms with Gasteiger partial charge in [0.1, 0.15) is 0 Å². The maximum absolute atomic E-state index is 10.7. The summed E-state index contributed by atoms with van der Waals surface area (Å²) < 4.78 is 1.74. The number of amides is 1. The van der Waals surface area contributed by atoms with Crippen molar-refractivity contribution in [3.63, 3.8) is 0 Å². The van der Waals surface area contributed by atoms with Crippen molar-refractivity contribution < 1.29 is 4.79 Å². The van der Waals surface area contributed by atoms with E-state index in [1.54, 1.807) is 11.6 Å². The molecule has 0 saturated carbocycles. The predicted octanol–water partition coefficient (Wildman–Crippen LogP) is -0.369. The van der Waals surface area contributed by atoms with Crippen molar-refractivity contribution in [3.05, 3.63) is 18.0 Å². The van der Waals surface area contributed by atoms with Crippen LogP contribution in [-0.2, 0) is 18.4 Å². The highest BCUT2D eigenvalue weighted by Gasteiger charge is 2.07. The lowest BCUT2D eigenvalue weighted by Gasteiger charge is -2.07. The molecule has 1 aromatic rings. The quantitative estimate of drug-likeness (QED) is 0.675. The number of nitrogens with one attached hydrogen (secondary N) is 1. The van der Waals surface area contributed by atoms with Gasteiger partial charge in [-0.2, -0.15) is 5.10 Å². The number of hydrogen-bond donors (Lipinski definition) is 2. The van der Waals surface area contributed by atoms with Crippen molar-refractivity contribution in [1.29, 1.82) is 0 Å². The van der Waals surface area contributed by atoms with E-state index in [1.807, 2.05) is 19.3 Å². The van der Waals surface area contributed by atoms with Crippen molar-refractivity contribution >= 4 is 5.91 Å². The largest absolute Gasteiger partial charge is 0.369 e. The Hall–Kier alpha value is -1.36. The second-order valence-electron chi connectivity index (χ2n) is 3.42. The van der Waals surface area contributed by atoms with Crippen LogP contribution in [0.15, 0.2) is 12.3 Å². The molecule has 1 amide bonds. The minimum Gasteiger partial charge on any atom is -0.369 e. The molecule has 1 unspecified atom stereocenters. The van der Waals surface area contributed by atoms with E-state index in [0.717, 1.165) is 5.69 Å². The van der Waals surface area contributed by atoms with Gasteiger partial charge >= 0.3 is 0 Å². The molecule has 0 spiro atoms. The highest BCUT2D eigenvalue weighted by Crippen LogP contribution is 1.95. The average molecular weight is 196 g/mol. The third kappa shape index (κ3) is 3.18. The summed E-state index contributed by atoms with van der Waals surface area (Å²) >= 11 is 0. The van der Waals surface area contributed by atoms with Crippen molar-refractivity contribution in [1.82, 2.24) is 15.1 Å². The molecule has 1 atom stereocenters. The van der Waals surface area contributed by atoms with E-state index in [-0.39, 0.29) is 11.8 Å². The highest BCUT2D eigenvalue weighted by molar-refractivity contribution is 5.76. The molecule has 78 valence electrons. The summed E-state index contributed by atoms with van der Waals surface area (Å²) in [5.74, 6) is -0.419. The summed E-state index contributed by atoms with van der Waals surface area (Å²) in [6, 6.07) is 1.93. The number of nitrogens with zero attached hydrogens (tertiary/aromatic N) is 2. The first-order valence-electron chi connectivity index (χ1n) is 4.58. The van der Waals surface area contributed by atoms with Crippen LogP contribution in [0, 0.1) is 5.92 Å².